The molecule has 0 radical (unpaired) electrons. The highest BCUT2D eigenvalue weighted by Crippen LogP contribution is 2.28. The van der Waals surface area contributed by atoms with E-state index in [0.717, 1.165) is 12.2 Å². The van der Waals surface area contributed by atoms with Gasteiger partial charge >= 0.3 is 5.69 Å². The van der Waals surface area contributed by atoms with Gasteiger partial charge in [0, 0.05) is 17.3 Å². The monoisotopic (exact) mass is 258 g/mol. The summed E-state index contributed by atoms with van der Waals surface area (Å²) in [7, 11) is 0. The van der Waals surface area contributed by atoms with Crippen molar-refractivity contribution in [3.8, 4) is 0 Å². The van der Waals surface area contributed by atoms with Crippen molar-refractivity contribution in [2.75, 3.05) is 5.75 Å². The van der Waals surface area contributed by atoms with E-state index < -0.39 is 4.92 Å². The second-order valence-corrected chi connectivity index (χ2v) is 3.95. The van der Waals surface area contributed by atoms with Gasteiger partial charge in [-0.05, 0) is 19.1 Å². The maximum absolute atomic E-state index is 10.8. The lowest BCUT2D eigenvalue weighted by molar-refractivity contribution is -0.385. The second kappa shape index (κ2) is 5.86. The molecule has 86 valence electrons. The number of thiol groups is 1. The van der Waals surface area contributed by atoms with Gasteiger partial charge in [0.05, 0.1) is 4.92 Å². The second-order valence-electron chi connectivity index (χ2n) is 3.15. The van der Waals surface area contributed by atoms with Crippen LogP contribution in [-0.2, 0) is 0 Å². The SMILES string of the molecule is Cc1c(C=CCCS)cnc(Cl)c1[N+](=O)[O-]. The van der Waals surface area contributed by atoms with Crippen LogP contribution in [0.4, 0.5) is 5.69 Å². The van der Waals surface area contributed by atoms with Crippen LogP contribution >= 0.6 is 24.2 Å². The number of allylic oxidation sites excluding steroid dienone is 1. The molecule has 1 rings (SSSR count). The Kier molecular flexibility index (Phi) is 4.76. The zero-order valence-electron chi connectivity index (χ0n) is 8.68. The number of hydrogen-bond acceptors (Lipinski definition) is 4. The first-order valence-corrected chi connectivity index (χ1v) is 5.66. The Morgan fingerprint density at radius 2 is 2.38 bits per heavy atom. The van der Waals surface area contributed by atoms with Crippen molar-refractivity contribution in [3.63, 3.8) is 0 Å². The fourth-order valence-corrected chi connectivity index (χ4v) is 1.65. The van der Waals surface area contributed by atoms with Gasteiger partial charge in [0.25, 0.3) is 0 Å². The molecule has 1 aromatic rings. The summed E-state index contributed by atoms with van der Waals surface area (Å²) in [6.07, 6.45) is 6.02. The molecule has 0 N–H and O–H groups in total. The number of hydrogen-bond donors (Lipinski definition) is 1. The molecule has 16 heavy (non-hydrogen) atoms. The Labute approximate surface area is 104 Å². The molecule has 0 aliphatic rings. The van der Waals surface area contributed by atoms with Crippen molar-refractivity contribution in [2.45, 2.75) is 13.3 Å². The van der Waals surface area contributed by atoms with E-state index in [1.807, 2.05) is 6.08 Å². The van der Waals surface area contributed by atoms with Gasteiger partial charge in [0.15, 0.2) is 0 Å². The van der Waals surface area contributed by atoms with E-state index >= 15 is 0 Å². The van der Waals surface area contributed by atoms with Gasteiger partial charge in [-0.1, -0.05) is 23.8 Å². The summed E-state index contributed by atoms with van der Waals surface area (Å²) in [5.41, 5.74) is 1.10. The minimum Gasteiger partial charge on any atom is -0.258 e. The number of nitrogens with zero attached hydrogens (tertiary/aromatic N) is 2. The number of aromatic nitrogens is 1. The van der Waals surface area contributed by atoms with Crippen molar-refractivity contribution in [2.24, 2.45) is 0 Å². The van der Waals surface area contributed by atoms with E-state index in [4.69, 9.17) is 11.6 Å². The van der Waals surface area contributed by atoms with E-state index in [-0.39, 0.29) is 10.8 Å². The first kappa shape index (κ1) is 13.0. The zero-order valence-corrected chi connectivity index (χ0v) is 10.3. The van der Waals surface area contributed by atoms with Crippen LogP contribution in [0.25, 0.3) is 6.08 Å². The minimum absolute atomic E-state index is 0.0751. The van der Waals surface area contributed by atoms with Gasteiger partial charge in [-0.15, -0.1) is 0 Å². The molecule has 0 spiro atoms. The highest BCUT2D eigenvalue weighted by molar-refractivity contribution is 7.80. The van der Waals surface area contributed by atoms with Crippen molar-refractivity contribution in [1.82, 2.24) is 4.98 Å². The summed E-state index contributed by atoms with van der Waals surface area (Å²) in [5, 5.41) is 10.7. The Morgan fingerprint density at radius 3 is 2.94 bits per heavy atom. The molecule has 1 aromatic heterocycles. The summed E-state index contributed by atoms with van der Waals surface area (Å²) < 4.78 is 0. The zero-order chi connectivity index (χ0) is 12.1. The molecular weight excluding hydrogens is 248 g/mol. The van der Waals surface area contributed by atoms with Crippen LogP contribution in [-0.4, -0.2) is 15.7 Å². The predicted molar refractivity (Wildman–Crippen MR) is 68.1 cm³/mol. The first-order valence-electron chi connectivity index (χ1n) is 4.64. The van der Waals surface area contributed by atoms with Crippen LogP contribution in [0.5, 0.6) is 0 Å². The van der Waals surface area contributed by atoms with E-state index in [9.17, 15) is 10.1 Å². The molecule has 0 saturated heterocycles. The maximum Gasteiger partial charge on any atom is 0.309 e. The molecule has 0 fully saturated rings. The van der Waals surface area contributed by atoms with Crippen LogP contribution in [0.1, 0.15) is 17.5 Å². The third-order valence-corrected chi connectivity index (χ3v) is 2.61. The maximum atomic E-state index is 10.8. The molecule has 4 nitrogen and oxygen atoms in total. The van der Waals surface area contributed by atoms with Gasteiger partial charge in [0.2, 0.25) is 5.15 Å². The van der Waals surface area contributed by atoms with Crippen LogP contribution < -0.4 is 0 Å². The van der Waals surface area contributed by atoms with Crippen molar-refractivity contribution >= 4 is 36.0 Å². The van der Waals surface area contributed by atoms with Gasteiger partial charge in [-0.2, -0.15) is 12.6 Å². The number of nitro groups is 1. The molecule has 0 amide bonds. The summed E-state index contributed by atoms with van der Waals surface area (Å²) in [5.74, 6) is 0.735. The molecule has 1 heterocycles. The minimum atomic E-state index is -0.513. The molecular formula is C10H11ClN2O2S. The third-order valence-electron chi connectivity index (χ3n) is 2.08. The fraction of sp³-hybridized carbons (Fsp3) is 0.300. The Bertz CT molecular complexity index is 435. The molecule has 0 aromatic carbocycles. The van der Waals surface area contributed by atoms with E-state index in [1.54, 1.807) is 13.0 Å². The Hall–Kier alpha value is -1.07. The quantitative estimate of drug-likeness (QED) is 0.390. The fourth-order valence-electron chi connectivity index (χ4n) is 1.24. The smallest absolute Gasteiger partial charge is 0.258 e. The summed E-state index contributed by atoms with van der Waals surface area (Å²) in [6.45, 7) is 1.66. The standard InChI is InChI=1S/C10H11ClN2O2S/c1-7-8(4-2-3-5-16)6-12-10(11)9(7)13(14)15/h2,4,6,16H,3,5H2,1H3. The van der Waals surface area contributed by atoms with Crippen LogP contribution in [0.2, 0.25) is 5.15 Å². The molecule has 0 bridgehead atoms. The molecule has 0 aliphatic heterocycles. The van der Waals surface area contributed by atoms with Crippen LogP contribution in [0, 0.1) is 17.0 Å². The normalized spacial score (nSPS) is 10.9. The van der Waals surface area contributed by atoms with E-state index in [1.165, 1.54) is 6.20 Å². The van der Waals surface area contributed by atoms with Gasteiger partial charge in [0.1, 0.15) is 0 Å². The molecule has 6 heteroatoms. The average molecular weight is 259 g/mol. The summed E-state index contributed by atoms with van der Waals surface area (Å²) in [6, 6.07) is 0. The molecule has 0 aliphatic carbocycles. The Balaban J connectivity index is 3.13. The van der Waals surface area contributed by atoms with Crippen molar-refractivity contribution in [1.29, 1.82) is 0 Å². The number of halogens is 1. The van der Waals surface area contributed by atoms with Crippen molar-refractivity contribution < 1.29 is 4.92 Å². The van der Waals surface area contributed by atoms with E-state index in [2.05, 4.69) is 17.6 Å². The predicted octanol–water partition coefficient (Wildman–Crippen LogP) is 3.28. The lowest BCUT2D eigenvalue weighted by Gasteiger charge is -2.02. The largest absolute Gasteiger partial charge is 0.309 e. The first-order chi connectivity index (χ1) is 7.57. The van der Waals surface area contributed by atoms with Crippen molar-refractivity contribution in [3.05, 3.63) is 38.7 Å². The number of pyridine rings is 1. The lowest BCUT2D eigenvalue weighted by atomic mass is 10.1. The van der Waals surface area contributed by atoms with Gasteiger partial charge in [-0.25, -0.2) is 4.98 Å². The van der Waals surface area contributed by atoms with E-state index in [0.29, 0.717) is 11.1 Å². The molecule has 0 saturated carbocycles. The summed E-state index contributed by atoms with van der Waals surface area (Å²) in [4.78, 5) is 14.0. The highest BCUT2D eigenvalue weighted by atomic mass is 35.5. The topological polar surface area (TPSA) is 56.0 Å². The van der Waals surface area contributed by atoms with Crippen LogP contribution in [0.3, 0.4) is 0 Å². The van der Waals surface area contributed by atoms with Gasteiger partial charge < -0.3 is 0 Å². The Morgan fingerprint density at radius 1 is 1.69 bits per heavy atom. The highest BCUT2D eigenvalue weighted by Gasteiger charge is 2.19. The molecule has 0 unspecified atom stereocenters. The lowest BCUT2D eigenvalue weighted by Crippen LogP contribution is -1.97. The summed E-state index contributed by atoms with van der Waals surface area (Å²) >= 11 is 9.73. The number of rotatable bonds is 4. The third kappa shape index (κ3) is 2.96. The average Bonchev–Trinajstić information content (AvgIpc) is 2.21. The van der Waals surface area contributed by atoms with Crippen LogP contribution in [0.15, 0.2) is 12.3 Å². The van der Waals surface area contributed by atoms with Gasteiger partial charge in [-0.3, -0.25) is 10.1 Å². The molecule has 0 atom stereocenters.